The van der Waals surface area contributed by atoms with Gasteiger partial charge in [0.2, 0.25) is 10.0 Å². The van der Waals surface area contributed by atoms with Gasteiger partial charge in [0.15, 0.2) is 10.6 Å². The SMILES string of the molecule is COc1ccc(-c2nn([C@@H](C)c3nc4scc(C)n4c(=O)c3-c3ccccc3)c3ncnc(N)c23)cc1NS(C)(=O)=O. The molecule has 0 saturated carbocycles. The molecule has 0 saturated heterocycles. The Bertz CT molecular complexity index is 2150. The zero-order chi connectivity index (χ0) is 29.8. The van der Waals surface area contributed by atoms with Gasteiger partial charge < -0.3 is 10.5 Å². The minimum Gasteiger partial charge on any atom is -0.495 e. The molecule has 42 heavy (non-hydrogen) atoms. The molecule has 3 N–H and O–H groups in total. The minimum absolute atomic E-state index is 0.177. The molecule has 6 aromatic rings. The quantitative estimate of drug-likeness (QED) is 0.274. The number of fused-ring (bicyclic) bond motifs is 2. The van der Waals surface area contributed by atoms with Crippen molar-refractivity contribution in [1.29, 1.82) is 0 Å². The lowest BCUT2D eigenvalue weighted by molar-refractivity contribution is 0.417. The van der Waals surface area contributed by atoms with Crippen LogP contribution in [-0.2, 0) is 10.0 Å². The number of sulfonamides is 1. The number of nitrogens with two attached hydrogens (primary N) is 1. The van der Waals surface area contributed by atoms with Crippen LogP contribution in [0.5, 0.6) is 5.75 Å². The molecule has 0 fully saturated rings. The van der Waals surface area contributed by atoms with Crippen molar-refractivity contribution in [3.8, 4) is 28.1 Å². The highest BCUT2D eigenvalue weighted by atomic mass is 32.2. The van der Waals surface area contributed by atoms with Crippen LogP contribution in [0.15, 0.2) is 65.0 Å². The molecule has 4 aromatic heterocycles. The van der Waals surface area contributed by atoms with E-state index in [4.69, 9.17) is 20.6 Å². The smallest absolute Gasteiger partial charge is 0.266 e. The number of hydrogen-bond donors (Lipinski definition) is 2. The Hall–Kier alpha value is -4.82. The molecule has 0 aliphatic carbocycles. The zero-order valence-corrected chi connectivity index (χ0v) is 24.7. The standard InChI is InChI=1S/C28H26N8O4S2/c1-15-13-41-28-32-23(21(27(37)35(15)28)17-8-6-5-7-9-17)16(2)36-26-22(25(29)30-14-31-26)24(33-36)18-10-11-20(40-3)19(12-18)34-42(4,38)39/h5-14,16,34H,1-4H3,(H2,29,30,31)/t16-/m0/s1. The maximum atomic E-state index is 13.9. The number of nitrogens with one attached hydrogen (secondary N) is 1. The Kier molecular flexibility index (Phi) is 6.66. The zero-order valence-electron chi connectivity index (χ0n) is 23.1. The van der Waals surface area contributed by atoms with Crippen LogP contribution in [0.25, 0.3) is 38.4 Å². The summed E-state index contributed by atoms with van der Waals surface area (Å²) in [4.78, 5) is 28.1. The van der Waals surface area contributed by atoms with Crippen molar-refractivity contribution in [3.05, 3.63) is 82.0 Å². The summed E-state index contributed by atoms with van der Waals surface area (Å²) in [5.74, 6) is 0.532. The average Bonchev–Trinajstić information content (AvgIpc) is 3.54. The first-order valence-electron chi connectivity index (χ1n) is 12.8. The predicted octanol–water partition coefficient (Wildman–Crippen LogP) is 4.11. The molecule has 0 spiro atoms. The largest absolute Gasteiger partial charge is 0.495 e. The fourth-order valence-corrected chi connectivity index (χ4v) is 6.42. The topological polar surface area (TPSA) is 159 Å². The molecule has 0 aliphatic rings. The van der Waals surface area contributed by atoms with E-state index in [0.29, 0.717) is 44.3 Å². The second-order valence-electron chi connectivity index (χ2n) is 9.75. The Balaban J connectivity index is 1.60. The highest BCUT2D eigenvalue weighted by Crippen LogP contribution is 2.37. The molecule has 0 unspecified atom stereocenters. The van der Waals surface area contributed by atoms with Crippen molar-refractivity contribution < 1.29 is 13.2 Å². The molecule has 214 valence electrons. The normalized spacial score (nSPS) is 12.6. The molecule has 12 nitrogen and oxygen atoms in total. The number of nitrogens with zero attached hydrogens (tertiary/aromatic N) is 6. The van der Waals surface area contributed by atoms with Crippen LogP contribution in [0.2, 0.25) is 0 Å². The van der Waals surface area contributed by atoms with Crippen LogP contribution < -0.4 is 20.8 Å². The lowest BCUT2D eigenvalue weighted by Crippen LogP contribution is -2.23. The van der Waals surface area contributed by atoms with Crippen LogP contribution in [-0.4, -0.2) is 50.9 Å². The molecule has 0 radical (unpaired) electrons. The summed E-state index contributed by atoms with van der Waals surface area (Å²) in [6.07, 6.45) is 2.41. The number of methoxy groups -OCH3 is 1. The lowest BCUT2D eigenvalue weighted by atomic mass is 10.0. The third kappa shape index (κ3) is 4.63. The molecule has 4 heterocycles. The summed E-state index contributed by atoms with van der Waals surface area (Å²) in [6.45, 7) is 3.77. The summed E-state index contributed by atoms with van der Waals surface area (Å²) in [7, 11) is -2.15. The van der Waals surface area contributed by atoms with E-state index in [2.05, 4.69) is 14.7 Å². The van der Waals surface area contributed by atoms with E-state index in [1.807, 2.05) is 49.6 Å². The highest BCUT2D eigenvalue weighted by Gasteiger charge is 2.27. The fourth-order valence-electron chi connectivity index (χ4n) is 4.99. The number of rotatable bonds is 7. The summed E-state index contributed by atoms with van der Waals surface area (Å²) >= 11 is 1.39. The molecular weight excluding hydrogens is 576 g/mol. The van der Waals surface area contributed by atoms with Crippen LogP contribution >= 0.6 is 11.3 Å². The molecule has 14 heteroatoms. The van der Waals surface area contributed by atoms with Crippen LogP contribution in [0, 0.1) is 6.92 Å². The minimum atomic E-state index is -3.60. The summed E-state index contributed by atoms with van der Waals surface area (Å²) in [5, 5.41) is 7.28. The van der Waals surface area contributed by atoms with Crippen LogP contribution in [0.1, 0.15) is 24.4 Å². The van der Waals surface area contributed by atoms with E-state index < -0.39 is 16.1 Å². The van der Waals surface area contributed by atoms with Crippen molar-refractivity contribution in [1.82, 2.24) is 29.1 Å². The van der Waals surface area contributed by atoms with Crippen molar-refractivity contribution in [2.45, 2.75) is 19.9 Å². The van der Waals surface area contributed by atoms with E-state index in [0.717, 1.165) is 17.5 Å². The van der Waals surface area contributed by atoms with Gasteiger partial charge >= 0.3 is 0 Å². The molecule has 0 bridgehead atoms. The van der Waals surface area contributed by atoms with Gasteiger partial charge in [-0.15, -0.1) is 11.3 Å². The van der Waals surface area contributed by atoms with E-state index in [9.17, 15) is 13.2 Å². The maximum Gasteiger partial charge on any atom is 0.266 e. The van der Waals surface area contributed by atoms with Gasteiger partial charge in [0.1, 0.15) is 23.6 Å². The van der Waals surface area contributed by atoms with Crippen molar-refractivity contribution in [2.24, 2.45) is 0 Å². The fraction of sp³-hybridized carbons (Fsp3) is 0.179. The number of thiazole rings is 1. The van der Waals surface area contributed by atoms with E-state index in [1.165, 1.54) is 24.8 Å². The number of hydrogen-bond acceptors (Lipinski definition) is 10. The molecule has 0 aliphatic heterocycles. The number of aromatic nitrogens is 6. The van der Waals surface area contributed by atoms with Crippen LogP contribution in [0.4, 0.5) is 11.5 Å². The first-order valence-corrected chi connectivity index (χ1v) is 15.6. The highest BCUT2D eigenvalue weighted by molar-refractivity contribution is 7.92. The first-order chi connectivity index (χ1) is 20.1. The van der Waals surface area contributed by atoms with Crippen LogP contribution in [0.3, 0.4) is 0 Å². The summed E-state index contributed by atoms with van der Waals surface area (Å²) in [6, 6.07) is 13.8. The van der Waals surface area contributed by atoms with Gasteiger partial charge in [-0.3, -0.25) is 13.9 Å². The van der Waals surface area contributed by atoms with Gasteiger partial charge in [-0.2, -0.15) is 5.10 Å². The van der Waals surface area contributed by atoms with E-state index >= 15 is 0 Å². The van der Waals surface area contributed by atoms with Crippen molar-refractivity contribution in [2.75, 3.05) is 23.8 Å². The first kappa shape index (κ1) is 27.4. The Morgan fingerprint density at radius 2 is 1.86 bits per heavy atom. The number of anilines is 2. The van der Waals surface area contributed by atoms with Gasteiger partial charge in [0, 0.05) is 16.6 Å². The van der Waals surface area contributed by atoms with E-state index in [1.54, 1.807) is 27.3 Å². The second-order valence-corrected chi connectivity index (χ2v) is 12.3. The lowest BCUT2D eigenvalue weighted by Gasteiger charge is -2.17. The summed E-state index contributed by atoms with van der Waals surface area (Å²) in [5.41, 5.74) is 10.3. The third-order valence-corrected chi connectivity index (χ3v) is 8.41. The molecule has 2 aromatic carbocycles. The Morgan fingerprint density at radius 3 is 2.57 bits per heavy atom. The molecular formula is C28H26N8O4S2. The predicted molar refractivity (Wildman–Crippen MR) is 164 cm³/mol. The Morgan fingerprint density at radius 1 is 1.10 bits per heavy atom. The van der Waals surface area contributed by atoms with Gasteiger partial charge in [0.05, 0.1) is 41.7 Å². The number of aryl methyl sites for hydroxylation is 1. The monoisotopic (exact) mass is 602 g/mol. The molecule has 6 rings (SSSR count). The number of benzene rings is 2. The molecule has 0 amide bonds. The third-order valence-electron chi connectivity index (χ3n) is 6.88. The number of ether oxygens (including phenoxy) is 1. The Labute approximate surface area is 244 Å². The average molecular weight is 603 g/mol. The van der Waals surface area contributed by atoms with Crippen molar-refractivity contribution >= 4 is 48.9 Å². The molecule has 1 atom stereocenters. The van der Waals surface area contributed by atoms with E-state index in [-0.39, 0.29) is 17.1 Å². The second kappa shape index (κ2) is 10.2. The van der Waals surface area contributed by atoms with Gasteiger partial charge in [-0.1, -0.05) is 30.3 Å². The summed E-state index contributed by atoms with van der Waals surface area (Å²) < 4.78 is 35.2. The van der Waals surface area contributed by atoms with Gasteiger partial charge in [-0.05, 0) is 37.6 Å². The van der Waals surface area contributed by atoms with Gasteiger partial charge in [-0.25, -0.2) is 28.1 Å². The van der Waals surface area contributed by atoms with Gasteiger partial charge in [0.25, 0.3) is 5.56 Å². The van der Waals surface area contributed by atoms with Crippen molar-refractivity contribution in [3.63, 3.8) is 0 Å². The maximum absolute atomic E-state index is 13.9. The number of nitrogen functional groups attached to an aromatic ring is 1.